The number of carbonyl (C=O) groups excluding carboxylic acids is 1. The predicted molar refractivity (Wildman–Crippen MR) is 152 cm³/mol. The summed E-state index contributed by atoms with van der Waals surface area (Å²) in [5.74, 6) is 0.0288. The van der Waals surface area contributed by atoms with Gasteiger partial charge < -0.3 is 4.74 Å². The number of rotatable bonds is 28. The first-order valence-corrected chi connectivity index (χ1v) is 15.9. The molecule has 0 amide bonds. The highest BCUT2D eigenvalue weighted by Crippen LogP contribution is 2.16. The molecule has 0 saturated heterocycles. The second-order valence-corrected chi connectivity index (χ2v) is 10.8. The number of ether oxygens (including phenoxy) is 1. The minimum absolute atomic E-state index is 0.0288. The lowest BCUT2D eigenvalue weighted by atomic mass is 10.0. The first-order chi connectivity index (χ1) is 16.7. The zero-order valence-electron chi connectivity index (χ0n) is 24.0. The lowest BCUT2D eigenvalue weighted by Crippen LogP contribution is -2.17. The van der Waals surface area contributed by atoms with Crippen molar-refractivity contribution in [2.45, 2.75) is 200 Å². The van der Waals surface area contributed by atoms with Crippen molar-refractivity contribution in [1.82, 2.24) is 0 Å². The Balaban J connectivity index is 3.23. The van der Waals surface area contributed by atoms with Crippen LogP contribution in [0, 0.1) is 0 Å². The monoisotopic (exact) mass is 480 g/mol. The summed E-state index contributed by atoms with van der Waals surface area (Å²) in [4.78, 5) is 12.0. The molecule has 0 rings (SSSR count). The molecule has 204 valence electrons. The lowest BCUT2D eigenvalue weighted by molar-refractivity contribution is -0.149. The summed E-state index contributed by atoms with van der Waals surface area (Å²) in [5, 5.41) is 0. The molecule has 0 bridgehead atoms. The van der Waals surface area contributed by atoms with E-state index in [9.17, 15) is 4.79 Å². The van der Waals surface area contributed by atoms with Crippen molar-refractivity contribution in [3.05, 3.63) is 0 Å². The third kappa shape index (κ3) is 26.1. The highest BCUT2D eigenvalue weighted by atomic mass is 16.5. The van der Waals surface area contributed by atoms with Gasteiger partial charge in [0.15, 0.2) is 0 Å². The van der Waals surface area contributed by atoms with Crippen molar-refractivity contribution >= 4 is 5.97 Å². The fraction of sp³-hybridized carbons (Fsp3) is 0.969. The molecule has 0 aliphatic heterocycles. The largest absolute Gasteiger partial charge is 0.462 e. The van der Waals surface area contributed by atoms with Crippen molar-refractivity contribution in [3.63, 3.8) is 0 Å². The van der Waals surface area contributed by atoms with E-state index in [4.69, 9.17) is 4.74 Å². The number of unbranched alkanes of at least 4 members (excludes halogenated alkanes) is 22. The molecule has 2 heteroatoms. The Morgan fingerprint density at radius 2 is 0.794 bits per heavy atom. The number of hydrogen-bond donors (Lipinski definition) is 0. The van der Waals surface area contributed by atoms with E-state index in [1.807, 2.05) is 0 Å². The van der Waals surface area contributed by atoms with Crippen LogP contribution in [0.1, 0.15) is 194 Å². The number of esters is 1. The van der Waals surface area contributed by atoms with Crippen LogP contribution < -0.4 is 0 Å². The lowest BCUT2D eigenvalue weighted by Gasteiger charge is -2.16. The second-order valence-electron chi connectivity index (χ2n) is 10.8. The van der Waals surface area contributed by atoms with Crippen LogP contribution >= 0.6 is 0 Å². The summed E-state index contributed by atoms with van der Waals surface area (Å²) in [6.07, 6.45) is 35.7. The van der Waals surface area contributed by atoms with Crippen molar-refractivity contribution in [3.8, 4) is 0 Å². The van der Waals surface area contributed by atoms with Gasteiger partial charge in [-0.2, -0.15) is 0 Å². The van der Waals surface area contributed by atoms with Crippen LogP contribution in [0.25, 0.3) is 0 Å². The van der Waals surface area contributed by atoms with E-state index >= 15 is 0 Å². The van der Waals surface area contributed by atoms with Crippen molar-refractivity contribution in [1.29, 1.82) is 0 Å². The van der Waals surface area contributed by atoms with Gasteiger partial charge >= 0.3 is 5.97 Å². The molecule has 0 aromatic heterocycles. The van der Waals surface area contributed by atoms with E-state index in [0.29, 0.717) is 6.42 Å². The number of carbonyl (C=O) groups is 1. The van der Waals surface area contributed by atoms with Gasteiger partial charge in [-0.25, -0.2) is 0 Å². The van der Waals surface area contributed by atoms with E-state index in [-0.39, 0.29) is 12.1 Å². The third-order valence-electron chi connectivity index (χ3n) is 7.37. The minimum atomic E-state index is 0.0288. The fourth-order valence-corrected chi connectivity index (χ4v) is 4.91. The van der Waals surface area contributed by atoms with Crippen LogP contribution in [0.4, 0.5) is 0 Å². The van der Waals surface area contributed by atoms with Crippen molar-refractivity contribution in [2.75, 3.05) is 0 Å². The summed E-state index contributed by atoms with van der Waals surface area (Å²) in [5.41, 5.74) is 0. The third-order valence-corrected chi connectivity index (χ3v) is 7.37. The zero-order chi connectivity index (χ0) is 25.0. The van der Waals surface area contributed by atoms with Crippen molar-refractivity contribution < 1.29 is 9.53 Å². The molecule has 0 N–H and O–H groups in total. The first kappa shape index (κ1) is 33.5. The predicted octanol–water partition coefficient (Wildman–Crippen LogP) is 11.5. The van der Waals surface area contributed by atoms with Crippen LogP contribution in [-0.2, 0) is 9.53 Å². The van der Waals surface area contributed by atoms with Gasteiger partial charge in [-0.05, 0) is 25.7 Å². The molecule has 0 aromatic carbocycles. The molecule has 1 atom stereocenters. The quantitative estimate of drug-likeness (QED) is 0.0821. The summed E-state index contributed by atoms with van der Waals surface area (Å²) >= 11 is 0. The average Bonchev–Trinajstić information content (AvgIpc) is 2.84. The molecule has 2 nitrogen and oxygen atoms in total. The van der Waals surface area contributed by atoms with E-state index in [1.165, 1.54) is 148 Å². The van der Waals surface area contributed by atoms with E-state index in [0.717, 1.165) is 19.3 Å². The molecular formula is C32H64O2. The van der Waals surface area contributed by atoms with Gasteiger partial charge in [0.05, 0.1) is 0 Å². The average molecular weight is 481 g/mol. The molecule has 0 aliphatic carbocycles. The normalized spacial score (nSPS) is 12.2. The summed E-state index contributed by atoms with van der Waals surface area (Å²) < 4.78 is 5.65. The second kappa shape index (κ2) is 28.7. The Hall–Kier alpha value is -0.530. The van der Waals surface area contributed by atoms with Crippen LogP contribution in [0.2, 0.25) is 0 Å². The molecule has 0 spiro atoms. The molecule has 0 aliphatic rings. The highest BCUT2D eigenvalue weighted by molar-refractivity contribution is 5.69. The molecule has 0 fully saturated rings. The van der Waals surface area contributed by atoms with Crippen LogP contribution in [0.3, 0.4) is 0 Å². The van der Waals surface area contributed by atoms with E-state index in [1.54, 1.807) is 0 Å². The SMILES string of the molecule is CCCCCCCCCCCCCCCCCCCCCCCC(=O)OC(CC)CCCCC. The van der Waals surface area contributed by atoms with Gasteiger partial charge in [0, 0.05) is 6.42 Å². The maximum Gasteiger partial charge on any atom is 0.306 e. The van der Waals surface area contributed by atoms with Gasteiger partial charge in [0.25, 0.3) is 0 Å². The Kier molecular flexibility index (Phi) is 28.3. The Labute approximate surface area is 215 Å². The molecular weight excluding hydrogens is 416 g/mol. The first-order valence-electron chi connectivity index (χ1n) is 15.9. The summed E-state index contributed by atoms with van der Waals surface area (Å²) in [7, 11) is 0. The summed E-state index contributed by atoms with van der Waals surface area (Å²) in [6, 6.07) is 0. The standard InChI is InChI=1S/C32H64O2/c1-4-7-9-10-11-12-13-14-15-16-17-18-19-20-21-22-23-24-25-26-28-30-32(33)34-31(6-3)29-27-8-5-2/h31H,4-30H2,1-3H3. The fourth-order valence-electron chi connectivity index (χ4n) is 4.91. The zero-order valence-corrected chi connectivity index (χ0v) is 24.0. The van der Waals surface area contributed by atoms with Gasteiger partial charge in [0.1, 0.15) is 6.10 Å². The topological polar surface area (TPSA) is 26.3 Å². The summed E-state index contributed by atoms with van der Waals surface area (Å²) in [6.45, 7) is 6.64. The van der Waals surface area contributed by atoms with E-state index in [2.05, 4.69) is 20.8 Å². The van der Waals surface area contributed by atoms with Gasteiger partial charge in [-0.15, -0.1) is 0 Å². The maximum atomic E-state index is 12.0. The molecule has 0 radical (unpaired) electrons. The van der Waals surface area contributed by atoms with E-state index < -0.39 is 0 Å². The number of hydrogen-bond acceptors (Lipinski definition) is 2. The molecule has 0 saturated carbocycles. The van der Waals surface area contributed by atoms with Crippen LogP contribution in [0.5, 0.6) is 0 Å². The minimum Gasteiger partial charge on any atom is -0.462 e. The maximum absolute atomic E-state index is 12.0. The van der Waals surface area contributed by atoms with Gasteiger partial charge in [-0.1, -0.05) is 162 Å². The molecule has 34 heavy (non-hydrogen) atoms. The molecule has 0 heterocycles. The van der Waals surface area contributed by atoms with Crippen molar-refractivity contribution in [2.24, 2.45) is 0 Å². The smallest absolute Gasteiger partial charge is 0.306 e. The Morgan fingerprint density at radius 1 is 0.471 bits per heavy atom. The Bertz CT molecular complexity index is 392. The Morgan fingerprint density at radius 3 is 1.15 bits per heavy atom. The highest BCUT2D eigenvalue weighted by Gasteiger charge is 2.11. The molecule has 0 aromatic rings. The van der Waals surface area contributed by atoms with Gasteiger partial charge in [-0.3, -0.25) is 4.79 Å². The van der Waals surface area contributed by atoms with Crippen LogP contribution in [-0.4, -0.2) is 12.1 Å². The molecule has 1 unspecified atom stereocenters. The van der Waals surface area contributed by atoms with Gasteiger partial charge in [0.2, 0.25) is 0 Å². The van der Waals surface area contributed by atoms with Crippen LogP contribution in [0.15, 0.2) is 0 Å².